The molecule has 82 valence electrons. The first-order valence-corrected chi connectivity index (χ1v) is 4.82. The summed E-state index contributed by atoms with van der Waals surface area (Å²) >= 11 is 0. The number of nitrogens with one attached hydrogen (secondary N) is 1. The first kappa shape index (κ1) is 11.6. The van der Waals surface area contributed by atoms with Crippen molar-refractivity contribution in [3.8, 4) is 0 Å². The molecule has 0 saturated heterocycles. The summed E-state index contributed by atoms with van der Waals surface area (Å²) in [6.07, 6.45) is 1.77. The number of rotatable bonds is 5. The molecule has 0 aromatic heterocycles. The van der Waals surface area contributed by atoms with Crippen molar-refractivity contribution in [1.82, 2.24) is 5.32 Å². The van der Waals surface area contributed by atoms with E-state index in [0.29, 0.717) is 5.92 Å². The smallest absolute Gasteiger partial charge is 0.282 e. The number of allylic oxidation sites excluding steroid dienone is 1. The van der Waals surface area contributed by atoms with Gasteiger partial charge < -0.3 is 10.4 Å². The highest BCUT2D eigenvalue weighted by atomic mass is 19.3. The Morgan fingerprint density at radius 2 is 2.14 bits per heavy atom. The van der Waals surface area contributed by atoms with Crippen molar-refractivity contribution in [3.63, 3.8) is 0 Å². The molecule has 0 aliphatic heterocycles. The molecule has 1 aliphatic rings. The number of alkyl halides is 2. The lowest BCUT2D eigenvalue weighted by Gasteiger charge is -2.37. The lowest BCUT2D eigenvalue weighted by Crippen LogP contribution is -2.47. The van der Waals surface area contributed by atoms with Crippen LogP contribution in [0.15, 0.2) is 12.2 Å². The van der Waals surface area contributed by atoms with Crippen molar-refractivity contribution >= 4 is 0 Å². The van der Waals surface area contributed by atoms with E-state index in [1.54, 1.807) is 0 Å². The summed E-state index contributed by atoms with van der Waals surface area (Å²) in [7, 11) is 0. The molecule has 14 heavy (non-hydrogen) atoms. The zero-order valence-corrected chi connectivity index (χ0v) is 8.39. The van der Waals surface area contributed by atoms with Crippen molar-refractivity contribution in [1.29, 1.82) is 0 Å². The highest BCUT2D eigenvalue weighted by Gasteiger charge is 2.33. The third-order valence-electron chi connectivity index (χ3n) is 2.72. The van der Waals surface area contributed by atoms with Gasteiger partial charge >= 0.3 is 0 Å². The molecule has 1 aliphatic carbocycles. The second kappa shape index (κ2) is 4.36. The molecule has 0 aromatic rings. The standard InChI is InChI=1S/C10H17F2NO/c1-7(2)8-3-9(4-8)13-5-10(11,12)6-14/h8-9,13-14H,1,3-6H2,2H3. The van der Waals surface area contributed by atoms with Crippen LogP contribution in [0, 0.1) is 5.92 Å². The quantitative estimate of drug-likeness (QED) is 0.667. The van der Waals surface area contributed by atoms with Crippen LogP contribution in [0.4, 0.5) is 8.78 Å². The first-order chi connectivity index (χ1) is 6.44. The first-order valence-electron chi connectivity index (χ1n) is 4.82. The fourth-order valence-corrected chi connectivity index (χ4v) is 1.54. The minimum Gasteiger partial charge on any atom is -0.390 e. The van der Waals surface area contributed by atoms with Crippen molar-refractivity contribution in [2.24, 2.45) is 5.92 Å². The Morgan fingerprint density at radius 1 is 1.57 bits per heavy atom. The maximum atomic E-state index is 12.6. The second-order valence-corrected chi connectivity index (χ2v) is 4.11. The van der Waals surface area contributed by atoms with Crippen LogP contribution in [-0.4, -0.2) is 30.2 Å². The van der Waals surface area contributed by atoms with Gasteiger partial charge in [0.25, 0.3) is 5.92 Å². The number of aliphatic hydroxyl groups excluding tert-OH is 1. The Hall–Kier alpha value is -0.480. The molecule has 1 fully saturated rings. The van der Waals surface area contributed by atoms with Crippen LogP contribution in [0.5, 0.6) is 0 Å². The summed E-state index contributed by atoms with van der Waals surface area (Å²) in [6.45, 7) is 4.26. The highest BCUT2D eigenvalue weighted by Crippen LogP contribution is 2.32. The predicted octanol–water partition coefficient (Wildman–Crippen LogP) is 1.56. The number of hydrogen-bond acceptors (Lipinski definition) is 2. The summed E-state index contributed by atoms with van der Waals surface area (Å²) in [5.74, 6) is -2.51. The normalized spacial score (nSPS) is 27.1. The van der Waals surface area contributed by atoms with Crippen molar-refractivity contribution in [2.45, 2.75) is 31.7 Å². The fourth-order valence-electron chi connectivity index (χ4n) is 1.54. The van der Waals surface area contributed by atoms with Gasteiger partial charge in [0, 0.05) is 6.04 Å². The van der Waals surface area contributed by atoms with Crippen molar-refractivity contribution in [3.05, 3.63) is 12.2 Å². The maximum Gasteiger partial charge on any atom is 0.282 e. The molecule has 0 unspecified atom stereocenters. The summed E-state index contributed by atoms with van der Waals surface area (Å²) in [5, 5.41) is 11.1. The molecular weight excluding hydrogens is 188 g/mol. The number of hydrogen-bond donors (Lipinski definition) is 2. The van der Waals surface area contributed by atoms with E-state index in [0.717, 1.165) is 18.4 Å². The van der Waals surface area contributed by atoms with Gasteiger partial charge in [-0.2, -0.15) is 0 Å². The largest absolute Gasteiger partial charge is 0.390 e. The van der Waals surface area contributed by atoms with Crippen LogP contribution in [0.25, 0.3) is 0 Å². The second-order valence-electron chi connectivity index (χ2n) is 4.11. The third kappa shape index (κ3) is 3.03. The van der Waals surface area contributed by atoms with Gasteiger partial charge in [-0.15, -0.1) is 0 Å². The van der Waals surface area contributed by atoms with Crippen LogP contribution < -0.4 is 5.32 Å². The molecule has 0 bridgehead atoms. The lowest BCUT2D eigenvalue weighted by atomic mass is 9.76. The van der Waals surface area contributed by atoms with E-state index in [2.05, 4.69) is 11.9 Å². The Kier molecular flexibility index (Phi) is 3.61. The maximum absolute atomic E-state index is 12.6. The van der Waals surface area contributed by atoms with Gasteiger partial charge in [-0.1, -0.05) is 12.2 Å². The molecule has 0 atom stereocenters. The summed E-state index contributed by atoms with van der Waals surface area (Å²) in [5.41, 5.74) is 1.12. The van der Waals surface area contributed by atoms with Crippen LogP contribution >= 0.6 is 0 Å². The van der Waals surface area contributed by atoms with E-state index in [4.69, 9.17) is 5.11 Å². The number of halogens is 2. The van der Waals surface area contributed by atoms with Crippen LogP contribution in [0.3, 0.4) is 0 Å². The molecule has 4 heteroatoms. The van der Waals surface area contributed by atoms with E-state index in [1.165, 1.54) is 0 Å². The monoisotopic (exact) mass is 205 g/mol. The molecule has 0 aromatic carbocycles. The molecular formula is C10H17F2NO. The van der Waals surface area contributed by atoms with Crippen LogP contribution in [0.2, 0.25) is 0 Å². The molecule has 0 spiro atoms. The van der Waals surface area contributed by atoms with E-state index < -0.39 is 19.1 Å². The molecule has 0 amide bonds. The van der Waals surface area contributed by atoms with Crippen molar-refractivity contribution < 1.29 is 13.9 Å². The van der Waals surface area contributed by atoms with Gasteiger partial charge in [0.1, 0.15) is 6.61 Å². The van der Waals surface area contributed by atoms with Gasteiger partial charge in [0.2, 0.25) is 0 Å². The average Bonchev–Trinajstić information content (AvgIpc) is 2.00. The van der Waals surface area contributed by atoms with E-state index in [9.17, 15) is 8.78 Å². The molecule has 0 heterocycles. The lowest BCUT2D eigenvalue weighted by molar-refractivity contribution is -0.0516. The molecule has 1 rings (SSSR count). The van der Waals surface area contributed by atoms with Gasteiger partial charge in [0.05, 0.1) is 6.54 Å². The van der Waals surface area contributed by atoms with Crippen LogP contribution in [-0.2, 0) is 0 Å². The van der Waals surface area contributed by atoms with E-state index >= 15 is 0 Å². The fraction of sp³-hybridized carbons (Fsp3) is 0.800. The Morgan fingerprint density at radius 3 is 2.57 bits per heavy atom. The molecule has 0 radical (unpaired) electrons. The third-order valence-corrected chi connectivity index (χ3v) is 2.72. The summed E-state index contributed by atoms with van der Waals surface area (Å²) in [4.78, 5) is 0. The Labute approximate surface area is 83.0 Å². The highest BCUT2D eigenvalue weighted by molar-refractivity contribution is 5.05. The van der Waals surface area contributed by atoms with Gasteiger partial charge in [-0.05, 0) is 25.7 Å². The topological polar surface area (TPSA) is 32.3 Å². The Bertz CT molecular complexity index is 212. The molecule has 2 N–H and O–H groups in total. The molecule has 1 saturated carbocycles. The molecule has 2 nitrogen and oxygen atoms in total. The van der Waals surface area contributed by atoms with Gasteiger partial charge in [0.15, 0.2) is 0 Å². The van der Waals surface area contributed by atoms with Gasteiger partial charge in [-0.25, -0.2) is 8.78 Å². The minimum absolute atomic E-state index is 0.161. The van der Waals surface area contributed by atoms with E-state index in [-0.39, 0.29) is 6.04 Å². The average molecular weight is 205 g/mol. The zero-order valence-electron chi connectivity index (χ0n) is 8.39. The van der Waals surface area contributed by atoms with Gasteiger partial charge in [-0.3, -0.25) is 0 Å². The summed E-state index contributed by atoms with van der Waals surface area (Å²) < 4.78 is 25.2. The minimum atomic E-state index is -2.99. The summed E-state index contributed by atoms with van der Waals surface area (Å²) in [6, 6.07) is 0.161. The Balaban J connectivity index is 2.15. The predicted molar refractivity (Wildman–Crippen MR) is 51.4 cm³/mol. The van der Waals surface area contributed by atoms with Crippen molar-refractivity contribution in [2.75, 3.05) is 13.2 Å². The number of aliphatic hydroxyl groups is 1. The van der Waals surface area contributed by atoms with Crippen LogP contribution in [0.1, 0.15) is 19.8 Å². The van der Waals surface area contributed by atoms with E-state index in [1.807, 2.05) is 6.92 Å². The zero-order chi connectivity index (χ0) is 10.8. The SMILES string of the molecule is C=C(C)C1CC(NCC(F)(F)CO)C1.